The van der Waals surface area contributed by atoms with E-state index in [4.69, 9.17) is 4.74 Å². The van der Waals surface area contributed by atoms with Crippen molar-refractivity contribution in [2.45, 2.75) is 0 Å². The third kappa shape index (κ3) is 4.29. The van der Waals surface area contributed by atoms with Crippen molar-refractivity contribution in [2.75, 3.05) is 12.4 Å². The molecule has 0 atom stereocenters. The van der Waals surface area contributed by atoms with E-state index in [2.05, 4.69) is 20.5 Å². The Morgan fingerprint density at radius 2 is 2.04 bits per heavy atom. The second-order valence-electron chi connectivity index (χ2n) is 5.11. The maximum absolute atomic E-state index is 13.1. The van der Waals surface area contributed by atoms with Crippen LogP contribution in [-0.2, 0) is 4.79 Å². The van der Waals surface area contributed by atoms with Crippen molar-refractivity contribution in [2.24, 2.45) is 0 Å². The molecule has 2 aromatic carbocycles. The standard InChI is InChI=1S/C18H15FN4O2/c1-25-15-8-6-13(7-9-15)17-21-18(23-22-17)20-16(24)10-5-12-3-2-4-14(19)11-12/h2-11H,1H3,(H2,20,21,22,23,24)/b10-5+. The lowest BCUT2D eigenvalue weighted by Gasteiger charge is -1.99. The highest BCUT2D eigenvalue weighted by Crippen LogP contribution is 2.19. The topological polar surface area (TPSA) is 79.9 Å². The number of ether oxygens (including phenoxy) is 1. The molecule has 0 spiro atoms. The molecule has 1 heterocycles. The molecule has 0 radical (unpaired) electrons. The summed E-state index contributed by atoms with van der Waals surface area (Å²) in [6.45, 7) is 0. The van der Waals surface area contributed by atoms with E-state index in [1.54, 1.807) is 31.4 Å². The van der Waals surface area contributed by atoms with Gasteiger partial charge in [-0.3, -0.25) is 15.2 Å². The minimum atomic E-state index is -0.412. The van der Waals surface area contributed by atoms with Crippen LogP contribution in [0.2, 0.25) is 0 Å². The summed E-state index contributed by atoms with van der Waals surface area (Å²) < 4.78 is 18.2. The molecule has 25 heavy (non-hydrogen) atoms. The van der Waals surface area contributed by atoms with Crippen molar-refractivity contribution in [1.82, 2.24) is 15.2 Å². The van der Waals surface area contributed by atoms with Gasteiger partial charge in [-0.2, -0.15) is 4.98 Å². The molecule has 6 nitrogen and oxygen atoms in total. The average Bonchev–Trinajstić information content (AvgIpc) is 3.08. The lowest BCUT2D eigenvalue weighted by molar-refractivity contribution is -0.111. The first-order valence-electron chi connectivity index (χ1n) is 7.45. The molecule has 0 aliphatic heterocycles. The van der Waals surface area contributed by atoms with Crippen LogP contribution in [0.15, 0.2) is 54.6 Å². The lowest BCUT2D eigenvalue weighted by atomic mass is 10.2. The van der Waals surface area contributed by atoms with E-state index < -0.39 is 5.91 Å². The molecular formula is C18H15FN4O2. The first-order chi connectivity index (χ1) is 12.1. The van der Waals surface area contributed by atoms with Crippen LogP contribution in [0.1, 0.15) is 5.56 Å². The Hall–Kier alpha value is -3.48. The van der Waals surface area contributed by atoms with Gasteiger partial charge in [-0.15, -0.1) is 5.10 Å². The second-order valence-corrected chi connectivity index (χ2v) is 5.11. The van der Waals surface area contributed by atoms with Gasteiger partial charge in [0.15, 0.2) is 5.82 Å². The van der Waals surface area contributed by atoms with Crippen LogP contribution in [0.5, 0.6) is 5.75 Å². The number of rotatable bonds is 5. The summed E-state index contributed by atoms with van der Waals surface area (Å²) in [4.78, 5) is 16.1. The molecule has 1 amide bonds. The number of H-pyrrole nitrogens is 1. The number of hydrogen-bond donors (Lipinski definition) is 2. The van der Waals surface area contributed by atoms with E-state index in [0.29, 0.717) is 11.4 Å². The third-order valence-electron chi connectivity index (χ3n) is 3.36. The van der Waals surface area contributed by atoms with E-state index in [0.717, 1.165) is 11.3 Å². The van der Waals surface area contributed by atoms with Gasteiger partial charge >= 0.3 is 0 Å². The molecule has 1 aromatic heterocycles. The lowest BCUT2D eigenvalue weighted by Crippen LogP contribution is -2.09. The predicted octanol–water partition coefficient (Wildman–Crippen LogP) is 3.27. The first-order valence-corrected chi connectivity index (χ1v) is 7.45. The van der Waals surface area contributed by atoms with Crippen LogP contribution in [-0.4, -0.2) is 28.2 Å². The van der Waals surface area contributed by atoms with Gasteiger partial charge in [0.2, 0.25) is 5.95 Å². The van der Waals surface area contributed by atoms with Crippen LogP contribution < -0.4 is 10.1 Å². The normalized spacial score (nSPS) is 10.8. The maximum Gasteiger partial charge on any atom is 0.250 e. The Bertz CT molecular complexity index is 903. The van der Waals surface area contributed by atoms with Gasteiger partial charge in [-0.05, 0) is 48.0 Å². The SMILES string of the molecule is COc1ccc(-c2nc(NC(=O)/C=C/c3cccc(F)c3)n[nH]2)cc1. The molecule has 0 aliphatic carbocycles. The van der Waals surface area contributed by atoms with Gasteiger partial charge < -0.3 is 4.74 Å². The van der Waals surface area contributed by atoms with E-state index in [1.807, 2.05) is 12.1 Å². The van der Waals surface area contributed by atoms with Crippen molar-refractivity contribution in [1.29, 1.82) is 0 Å². The Labute approximate surface area is 143 Å². The first kappa shape index (κ1) is 16.4. The quantitative estimate of drug-likeness (QED) is 0.700. The number of amides is 1. The van der Waals surface area contributed by atoms with Crippen LogP contribution in [0.25, 0.3) is 17.5 Å². The number of aromatic amines is 1. The number of carbonyl (C=O) groups excluding carboxylic acids is 1. The number of benzene rings is 2. The van der Waals surface area contributed by atoms with E-state index in [1.165, 1.54) is 24.3 Å². The zero-order chi connectivity index (χ0) is 17.6. The summed E-state index contributed by atoms with van der Waals surface area (Å²) in [6.07, 6.45) is 2.80. The summed E-state index contributed by atoms with van der Waals surface area (Å²) in [5.41, 5.74) is 1.40. The van der Waals surface area contributed by atoms with Crippen molar-refractivity contribution in [3.8, 4) is 17.1 Å². The monoisotopic (exact) mass is 338 g/mol. The molecule has 0 saturated heterocycles. The number of halogens is 1. The van der Waals surface area contributed by atoms with Crippen molar-refractivity contribution in [3.63, 3.8) is 0 Å². The molecule has 0 fully saturated rings. The zero-order valence-corrected chi connectivity index (χ0v) is 13.4. The van der Waals surface area contributed by atoms with Gasteiger partial charge in [0, 0.05) is 11.6 Å². The van der Waals surface area contributed by atoms with Gasteiger partial charge in [0.25, 0.3) is 5.91 Å². The summed E-state index contributed by atoms with van der Waals surface area (Å²) in [6, 6.07) is 13.2. The van der Waals surface area contributed by atoms with Crippen LogP contribution in [0.3, 0.4) is 0 Å². The molecule has 3 aromatic rings. The zero-order valence-electron chi connectivity index (χ0n) is 13.4. The van der Waals surface area contributed by atoms with E-state index in [9.17, 15) is 9.18 Å². The minimum Gasteiger partial charge on any atom is -0.497 e. The van der Waals surface area contributed by atoms with Gasteiger partial charge in [0.1, 0.15) is 11.6 Å². The number of hydrogen-bond acceptors (Lipinski definition) is 4. The van der Waals surface area contributed by atoms with Gasteiger partial charge in [-0.1, -0.05) is 12.1 Å². The summed E-state index contributed by atoms with van der Waals surface area (Å²) in [7, 11) is 1.59. The summed E-state index contributed by atoms with van der Waals surface area (Å²) in [5.74, 6) is 0.635. The Kier molecular flexibility index (Phi) is 4.84. The number of nitrogens with one attached hydrogen (secondary N) is 2. The number of methoxy groups -OCH3 is 1. The van der Waals surface area contributed by atoms with Gasteiger partial charge in [-0.25, -0.2) is 4.39 Å². The fourth-order valence-corrected chi connectivity index (χ4v) is 2.13. The van der Waals surface area contributed by atoms with Crippen molar-refractivity contribution >= 4 is 17.9 Å². The molecule has 2 N–H and O–H groups in total. The largest absolute Gasteiger partial charge is 0.497 e. The predicted molar refractivity (Wildman–Crippen MR) is 92.4 cm³/mol. The second kappa shape index (κ2) is 7.39. The Balaban J connectivity index is 1.65. The summed E-state index contributed by atoms with van der Waals surface area (Å²) >= 11 is 0. The Morgan fingerprint density at radius 3 is 2.76 bits per heavy atom. The Morgan fingerprint density at radius 1 is 1.24 bits per heavy atom. The van der Waals surface area contributed by atoms with Crippen molar-refractivity contribution in [3.05, 3.63) is 66.0 Å². The molecule has 3 rings (SSSR count). The molecule has 126 valence electrons. The molecule has 0 aliphatic rings. The van der Waals surface area contributed by atoms with Crippen LogP contribution in [0.4, 0.5) is 10.3 Å². The molecule has 0 saturated carbocycles. The van der Waals surface area contributed by atoms with Gasteiger partial charge in [0.05, 0.1) is 7.11 Å². The van der Waals surface area contributed by atoms with Crippen molar-refractivity contribution < 1.29 is 13.9 Å². The minimum absolute atomic E-state index is 0.153. The average molecular weight is 338 g/mol. The van der Waals surface area contributed by atoms with E-state index >= 15 is 0 Å². The van der Waals surface area contributed by atoms with E-state index in [-0.39, 0.29) is 11.8 Å². The number of anilines is 1. The smallest absolute Gasteiger partial charge is 0.250 e. The fourth-order valence-electron chi connectivity index (χ4n) is 2.13. The number of carbonyl (C=O) groups is 1. The number of nitrogens with zero attached hydrogens (tertiary/aromatic N) is 2. The molecule has 7 heteroatoms. The van der Waals surface area contributed by atoms with Crippen LogP contribution in [0, 0.1) is 5.82 Å². The van der Waals surface area contributed by atoms with Crippen LogP contribution >= 0.6 is 0 Å². The molecule has 0 bridgehead atoms. The fraction of sp³-hybridized carbons (Fsp3) is 0.0556. The summed E-state index contributed by atoms with van der Waals surface area (Å²) in [5, 5.41) is 9.25. The molecular weight excluding hydrogens is 323 g/mol. The number of aromatic nitrogens is 3. The molecule has 0 unspecified atom stereocenters. The third-order valence-corrected chi connectivity index (χ3v) is 3.36. The highest BCUT2D eigenvalue weighted by molar-refractivity contribution is 6.00. The highest BCUT2D eigenvalue weighted by Gasteiger charge is 2.07. The highest BCUT2D eigenvalue weighted by atomic mass is 19.1. The maximum atomic E-state index is 13.1.